The number of pyridine rings is 1. The van der Waals surface area contributed by atoms with E-state index in [1.54, 1.807) is 0 Å². The molecule has 0 bridgehead atoms. The van der Waals surface area contributed by atoms with Crippen molar-refractivity contribution in [1.29, 1.82) is 0 Å². The van der Waals surface area contributed by atoms with E-state index in [2.05, 4.69) is 41.3 Å². The van der Waals surface area contributed by atoms with Gasteiger partial charge < -0.3 is 19.7 Å². The van der Waals surface area contributed by atoms with Crippen molar-refractivity contribution in [1.82, 2.24) is 9.88 Å². The van der Waals surface area contributed by atoms with Gasteiger partial charge in [0.1, 0.15) is 0 Å². The molecule has 3 heterocycles. The second-order valence-electron chi connectivity index (χ2n) is 9.67. The first-order chi connectivity index (χ1) is 18.2. The summed E-state index contributed by atoms with van der Waals surface area (Å²) in [6.07, 6.45) is -4.93. The molecule has 1 atom stereocenters. The highest BCUT2D eigenvalue weighted by Gasteiger charge is 2.48. The van der Waals surface area contributed by atoms with Crippen LogP contribution in [0.3, 0.4) is 0 Å². The summed E-state index contributed by atoms with van der Waals surface area (Å²) >= 11 is 0. The van der Waals surface area contributed by atoms with E-state index >= 15 is 0 Å². The van der Waals surface area contributed by atoms with Crippen LogP contribution in [-0.4, -0.2) is 82.4 Å². The Morgan fingerprint density at radius 3 is 2.13 bits per heavy atom. The number of rotatable bonds is 5. The molecule has 1 aromatic carbocycles. The fraction of sp³-hybridized carbons (Fsp3) is 0.560. The molecule has 2 saturated heterocycles. The van der Waals surface area contributed by atoms with Gasteiger partial charge in [0, 0.05) is 44.7 Å². The van der Waals surface area contributed by atoms with Crippen LogP contribution in [0.1, 0.15) is 31.4 Å². The number of para-hydroxylation sites is 1. The van der Waals surface area contributed by atoms with Gasteiger partial charge in [0.05, 0.1) is 22.9 Å². The molecule has 3 fully saturated rings. The van der Waals surface area contributed by atoms with Crippen LogP contribution in [0.2, 0.25) is 0 Å². The van der Waals surface area contributed by atoms with Gasteiger partial charge in [-0.2, -0.15) is 26.3 Å². The average Bonchev–Trinajstić information content (AvgIpc) is 3.66. The van der Waals surface area contributed by atoms with Crippen LogP contribution in [0.15, 0.2) is 36.4 Å². The van der Waals surface area contributed by atoms with Crippen molar-refractivity contribution in [2.45, 2.75) is 56.3 Å². The van der Waals surface area contributed by atoms with E-state index in [0.717, 1.165) is 62.8 Å². The molecule has 0 radical (unpaired) electrons. The maximum absolute atomic E-state index is 10.6. The van der Waals surface area contributed by atoms with Crippen molar-refractivity contribution >= 4 is 22.8 Å². The fourth-order valence-corrected chi connectivity index (χ4v) is 4.21. The van der Waals surface area contributed by atoms with Crippen LogP contribution in [0.25, 0.3) is 10.9 Å². The minimum absolute atomic E-state index is 0.0311. The Morgan fingerprint density at radius 2 is 1.56 bits per heavy atom. The Balaban J connectivity index is 0.000000251. The molecule has 2 aliphatic heterocycles. The summed E-state index contributed by atoms with van der Waals surface area (Å²) in [7, 11) is 0. The van der Waals surface area contributed by atoms with Crippen molar-refractivity contribution in [2.75, 3.05) is 26.3 Å². The number of likely N-dealkylation sites (tertiary alicyclic amines) is 1. The van der Waals surface area contributed by atoms with Crippen molar-refractivity contribution in [2.24, 2.45) is 5.92 Å². The first-order valence-corrected chi connectivity index (χ1v) is 12.1. The Kier molecular flexibility index (Phi) is 9.78. The number of carboxylic acids is 2. The average molecular weight is 566 g/mol. The summed E-state index contributed by atoms with van der Waals surface area (Å²) in [5.74, 6) is -4.67. The fourth-order valence-electron chi connectivity index (χ4n) is 4.21. The van der Waals surface area contributed by atoms with Gasteiger partial charge in [-0.3, -0.25) is 9.88 Å². The lowest BCUT2D eigenvalue weighted by molar-refractivity contribution is -0.199. The zero-order valence-electron chi connectivity index (χ0n) is 20.7. The number of aromatic nitrogens is 1. The maximum atomic E-state index is 10.6. The number of ether oxygens (including phenoxy) is 2. The van der Waals surface area contributed by atoms with Gasteiger partial charge in [-0.25, -0.2) is 9.59 Å². The quantitative estimate of drug-likeness (QED) is 0.503. The minimum atomic E-state index is -5.08. The van der Waals surface area contributed by atoms with Gasteiger partial charge in [-0.05, 0) is 37.3 Å². The number of hydrogen-bond donors (Lipinski definition) is 2. The first-order valence-electron chi connectivity index (χ1n) is 12.1. The zero-order chi connectivity index (χ0) is 28.8. The highest BCUT2D eigenvalue weighted by atomic mass is 19.4. The van der Waals surface area contributed by atoms with E-state index in [1.807, 2.05) is 0 Å². The lowest BCUT2D eigenvalue weighted by atomic mass is 9.84. The molecule has 1 aromatic heterocycles. The summed E-state index contributed by atoms with van der Waals surface area (Å²) in [5, 5.41) is 15.5. The number of carbonyl (C=O) groups is 2. The summed E-state index contributed by atoms with van der Waals surface area (Å²) in [6, 6.07) is 12.6. The highest BCUT2D eigenvalue weighted by Crippen LogP contribution is 2.37. The molecule has 2 N–H and O–H groups in total. The number of benzene rings is 1. The highest BCUT2D eigenvalue weighted by molar-refractivity contribution is 5.78. The molecule has 1 aliphatic carbocycles. The SMILES string of the molecule is O=C(O)C(F)(F)F.O=C(O)C(F)(F)F.c1ccc2nc(CN3CC4(CC(OCC5CC5)CCO4)C3)ccc2c1. The second-order valence-corrected chi connectivity index (χ2v) is 9.67. The Labute approximate surface area is 219 Å². The van der Waals surface area contributed by atoms with Crippen LogP contribution in [0, 0.1) is 5.92 Å². The van der Waals surface area contributed by atoms with E-state index in [0.29, 0.717) is 6.10 Å². The van der Waals surface area contributed by atoms with Crippen LogP contribution in [-0.2, 0) is 25.6 Å². The van der Waals surface area contributed by atoms with Crippen molar-refractivity contribution in [3.05, 3.63) is 42.1 Å². The van der Waals surface area contributed by atoms with E-state index in [4.69, 9.17) is 34.3 Å². The molecule has 1 spiro atoms. The van der Waals surface area contributed by atoms with Crippen molar-refractivity contribution < 1.29 is 55.6 Å². The molecule has 5 rings (SSSR count). The molecule has 0 amide bonds. The predicted molar refractivity (Wildman–Crippen MR) is 125 cm³/mol. The third-order valence-electron chi connectivity index (χ3n) is 6.26. The Bertz CT molecular complexity index is 1110. The normalized spacial score (nSPS) is 20.7. The monoisotopic (exact) mass is 566 g/mol. The Hall–Kier alpha value is -2.97. The number of aliphatic carboxylic acids is 2. The lowest BCUT2D eigenvalue weighted by Crippen LogP contribution is -2.65. The molecule has 39 heavy (non-hydrogen) atoms. The summed E-state index contributed by atoms with van der Waals surface area (Å²) < 4.78 is 75.8. The topological polar surface area (TPSA) is 109 Å². The second kappa shape index (κ2) is 12.5. The van der Waals surface area contributed by atoms with Crippen LogP contribution in [0.4, 0.5) is 26.3 Å². The molecular formula is C25H28F6N2O6. The van der Waals surface area contributed by atoms with E-state index < -0.39 is 24.3 Å². The molecule has 2 aromatic rings. The number of alkyl halides is 6. The van der Waals surface area contributed by atoms with Crippen molar-refractivity contribution in [3.63, 3.8) is 0 Å². The summed E-state index contributed by atoms with van der Waals surface area (Å²) in [5.41, 5.74) is 2.26. The predicted octanol–water partition coefficient (Wildman–Crippen LogP) is 4.66. The molecule has 14 heteroatoms. The van der Waals surface area contributed by atoms with Gasteiger partial charge in [-0.15, -0.1) is 0 Å². The van der Waals surface area contributed by atoms with Gasteiger partial charge in [-0.1, -0.05) is 24.3 Å². The largest absolute Gasteiger partial charge is 0.490 e. The van der Waals surface area contributed by atoms with E-state index in [-0.39, 0.29) is 5.60 Å². The molecule has 216 valence electrons. The lowest BCUT2D eigenvalue weighted by Gasteiger charge is -2.53. The number of nitrogens with zero attached hydrogens (tertiary/aromatic N) is 2. The van der Waals surface area contributed by atoms with Gasteiger partial charge >= 0.3 is 24.3 Å². The van der Waals surface area contributed by atoms with Crippen LogP contribution < -0.4 is 0 Å². The van der Waals surface area contributed by atoms with E-state index in [9.17, 15) is 26.3 Å². The van der Waals surface area contributed by atoms with Gasteiger partial charge in [0.25, 0.3) is 0 Å². The first kappa shape index (κ1) is 30.6. The third kappa shape index (κ3) is 9.62. The smallest absolute Gasteiger partial charge is 0.475 e. The van der Waals surface area contributed by atoms with Crippen LogP contribution >= 0.6 is 0 Å². The number of hydrogen-bond acceptors (Lipinski definition) is 6. The number of carboxylic acid groups (broad SMARTS) is 2. The molecule has 8 nitrogen and oxygen atoms in total. The third-order valence-corrected chi connectivity index (χ3v) is 6.26. The Morgan fingerprint density at radius 1 is 0.974 bits per heavy atom. The maximum Gasteiger partial charge on any atom is 0.490 e. The molecular weight excluding hydrogens is 538 g/mol. The number of halogens is 6. The molecule has 1 saturated carbocycles. The zero-order valence-corrected chi connectivity index (χ0v) is 20.7. The molecule has 1 unspecified atom stereocenters. The van der Waals surface area contributed by atoms with Crippen molar-refractivity contribution in [3.8, 4) is 0 Å². The van der Waals surface area contributed by atoms with Gasteiger partial charge in [0.2, 0.25) is 0 Å². The summed E-state index contributed by atoms with van der Waals surface area (Å²) in [4.78, 5) is 25.0. The number of fused-ring (bicyclic) bond motifs is 1. The standard InChI is InChI=1S/C21H26N2O2.2C2HF3O2/c1-2-4-20-17(3-1)7-8-18(22-20)12-23-14-21(15-23)11-19(9-10-25-21)24-13-16-5-6-16;2*3-2(4,5)1(6)7/h1-4,7-8,16,19H,5-6,9-15H2;2*(H,6,7). The van der Waals surface area contributed by atoms with E-state index in [1.165, 1.54) is 18.2 Å². The van der Waals surface area contributed by atoms with Gasteiger partial charge in [0.15, 0.2) is 0 Å². The minimum Gasteiger partial charge on any atom is -0.475 e. The summed E-state index contributed by atoms with van der Waals surface area (Å²) in [6.45, 7) is 4.72. The van der Waals surface area contributed by atoms with Crippen LogP contribution in [0.5, 0.6) is 0 Å². The molecule has 3 aliphatic rings.